The standard InChI is InChI=1S/C13H26N2O3/c1-4-13(5-2)8-10(6-7-18-13)15-12(16)11(9-14)17-3/h10-11H,4-9,14H2,1-3H3,(H,15,16). The van der Waals surface area contributed by atoms with Crippen molar-refractivity contribution in [3.63, 3.8) is 0 Å². The molecule has 0 radical (unpaired) electrons. The summed E-state index contributed by atoms with van der Waals surface area (Å²) in [5, 5.41) is 3.02. The zero-order valence-corrected chi connectivity index (χ0v) is 11.7. The molecule has 1 amide bonds. The van der Waals surface area contributed by atoms with Crippen LogP contribution in [0.3, 0.4) is 0 Å². The van der Waals surface area contributed by atoms with Gasteiger partial charge in [-0.15, -0.1) is 0 Å². The number of rotatable bonds is 6. The molecule has 1 rings (SSSR count). The fourth-order valence-electron chi connectivity index (χ4n) is 2.50. The number of nitrogens with two attached hydrogens (primary N) is 1. The van der Waals surface area contributed by atoms with Gasteiger partial charge in [0.15, 0.2) is 0 Å². The van der Waals surface area contributed by atoms with Crippen molar-refractivity contribution in [1.82, 2.24) is 5.32 Å². The molecule has 0 aliphatic carbocycles. The normalized spacial score (nSPS) is 24.6. The molecule has 1 fully saturated rings. The molecule has 1 aliphatic rings. The summed E-state index contributed by atoms with van der Waals surface area (Å²) in [6.45, 7) is 5.17. The van der Waals surface area contributed by atoms with Crippen molar-refractivity contribution < 1.29 is 14.3 Å². The van der Waals surface area contributed by atoms with E-state index in [9.17, 15) is 4.79 Å². The van der Waals surface area contributed by atoms with E-state index < -0.39 is 6.10 Å². The number of carbonyl (C=O) groups excluding carboxylic acids is 1. The first-order valence-corrected chi connectivity index (χ1v) is 6.78. The van der Waals surface area contributed by atoms with Crippen molar-refractivity contribution in [3.8, 4) is 0 Å². The van der Waals surface area contributed by atoms with Crippen LogP contribution in [0.5, 0.6) is 0 Å². The van der Waals surface area contributed by atoms with Crippen molar-refractivity contribution in [2.24, 2.45) is 5.73 Å². The number of ether oxygens (including phenoxy) is 2. The van der Waals surface area contributed by atoms with Gasteiger partial charge in [0.1, 0.15) is 6.10 Å². The Morgan fingerprint density at radius 1 is 1.56 bits per heavy atom. The fraction of sp³-hybridized carbons (Fsp3) is 0.923. The van der Waals surface area contributed by atoms with Gasteiger partial charge in [0.2, 0.25) is 0 Å². The second-order valence-corrected chi connectivity index (χ2v) is 4.90. The smallest absolute Gasteiger partial charge is 0.250 e. The first-order chi connectivity index (χ1) is 8.60. The van der Waals surface area contributed by atoms with Crippen LogP contribution in [0.1, 0.15) is 39.5 Å². The fourth-order valence-corrected chi connectivity index (χ4v) is 2.50. The topological polar surface area (TPSA) is 73.6 Å². The minimum absolute atomic E-state index is 0.0819. The van der Waals surface area contributed by atoms with Crippen LogP contribution < -0.4 is 11.1 Å². The average molecular weight is 258 g/mol. The van der Waals surface area contributed by atoms with Gasteiger partial charge in [0, 0.05) is 26.3 Å². The Balaban J connectivity index is 2.54. The van der Waals surface area contributed by atoms with Gasteiger partial charge < -0.3 is 20.5 Å². The van der Waals surface area contributed by atoms with Crippen molar-refractivity contribution in [2.75, 3.05) is 20.3 Å². The Bertz CT molecular complexity index is 263. The summed E-state index contributed by atoms with van der Waals surface area (Å²) < 4.78 is 10.9. The third-order valence-corrected chi connectivity index (χ3v) is 3.92. The van der Waals surface area contributed by atoms with Crippen LogP contribution in [0.15, 0.2) is 0 Å². The number of nitrogens with one attached hydrogen (secondary N) is 1. The second-order valence-electron chi connectivity index (χ2n) is 4.90. The van der Waals surface area contributed by atoms with Crippen LogP contribution in [0.25, 0.3) is 0 Å². The summed E-state index contributed by atoms with van der Waals surface area (Å²) in [4.78, 5) is 11.9. The Kier molecular flexibility index (Phi) is 6.05. The Hall–Kier alpha value is -0.650. The van der Waals surface area contributed by atoms with E-state index in [4.69, 9.17) is 15.2 Å². The van der Waals surface area contributed by atoms with Crippen LogP contribution in [0.2, 0.25) is 0 Å². The Morgan fingerprint density at radius 3 is 2.72 bits per heavy atom. The van der Waals surface area contributed by atoms with E-state index in [-0.39, 0.29) is 24.1 Å². The summed E-state index contributed by atoms with van der Waals surface area (Å²) in [7, 11) is 1.50. The molecular weight excluding hydrogens is 232 g/mol. The maximum atomic E-state index is 11.9. The molecule has 3 N–H and O–H groups in total. The van der Waals surface area contributed by atoms with Crippen molar-refractivity contribution in [3.05, 3.63) is 0 Å². The predicted octanol–water partition coefficient (Wildman–Crippen LogP) is 0.814. The van der Waals surface area contributed by atoms with Crippen molar-refractivity contribution >= 4 is 5.91 Å². The monoisotopic (exact) mass is 258 g/mol. The van der Waals surface area contributed by atoms with Gasteiger partial charge >= 0.3 is 0 Å². The van der Waals surface area contributed by atoms with Gasteiger partial charge in [-0.3, -0.25) is 4.79 Å². The van der Waals surface area contributed by atoms with Gasteiger partial charge in [0.05, 0.1) is 5.60 Å². The lowest BCUT2D eigenvalue weighted by molar-refractivity contribution is -0.134. The SMILES string of the molecule is CCC1(CC)CC(NC(=O)C(CN)OC)CCO1. The highest BCUT2D eigenvalue weighted by atomic mass is 16.5. The number of hydrogen-bond donors (Lipinski definition) is 2. The predicted molar refractivity (Wildman–Crippen MR) is 70.3 cm³/mol. The van der Waals surface area contributed by atoms with Gasteiger partial charge in [0.25, 0.3) is 5.91 Å². The van der Waals surface area contributed by atoms with Crippen LogP contribution in [0.4, 0.5) is 0 Å². The van der Waals surface area contributed by atoms with E-state index in [1.807, 2.05) is 0 Å². The highest BCUT2D eigenvalue weighted by Gasteiger charge is 2.35. The summed E-state index contributed by atoms with van der Waals surface area (Å²) in [5.74, 6) is -0.118. The minimum atomic E-state index is -0.550. The lowest BCUT2D eigenvalue weighted by Gasteiger charge is -2.40. The van der Waals surface area contributed by atoms with Gasteiger partial charge in [-0.2, -0.15) is 0 Å². The third kappa shape index (κ3) is 3.67. The molecule has 1 aliphatic heterocycles. The average Bonchev–Trinajstić information content (AvgIpc) is 2.40. The van der Waals surface area contributed by atoms with Gasteiger partial charge in [-0.1, -0.05) is 13.8 Å². The van der Waals surface area contributed by atoms with E-state index in [1.165, 1.54) is 7.11 Å². The molecule has 18 heavy (non-hydrogen) atoms. The minimum Gasteiger partial charge on any atom is -0.375 e. The lowest BCUT2D eigenvalue weighted by atomic mass is 9.86. The Labute approximate surface area is 109 Å². The molecule has 1 heterocycles. The van der Waals surface area contributed by atoms with Gasteiger partial charge in [-0.25, -0.2) is 0 Å². The molecule has 5 nitrogen and oxygen atoms in total. The largest absolute Gasteiger partial charge is 0.375 e. The molecule has 5 heteroatoms. The molecule has 2 unspecified atom stereocenters. The number of methoxy groups -OCH3 is 1. The highest BCUT2D eigenvalue weighted by molar-refractivity contribution is 5.81. The zero-order valence-electron chi connectivity index (χ0n) is 11.7. The molecule has 1 saturated heterocycles. The number of amides is 1. The van der Waals surface area contributed by atoms with E-state index in [1.54, 1.807) is 0 Å². The van der Waals surface area contributed by atoms with Crippen molar-refractivity contribution in [2.45, 2.75) is 57.3 Å². The summed E-state index contributed by atoms with van der Waals surface area (Å²) in [6.07, 6.45) is 3.12. The molecule has 0 bridgehead atoms. The molecular formula is C13H26N2O3. The summed E-state index contributed by atoms with van der Waals surface area (Å²) in [6, 6.07) is 0.162. The molecule has 0 aromatic carbocycles. The second kappa shape index (κ2) is 7.07. The molecule has 0 aromatic rings. The molecule has 0 aromatic heterocycles. The maximum Gasteiger partial charge on any atom is 0.250 e. The lowest BCUT2D eigenvalue weighted by Crippen LogP contribution is -2.51. The summed E-state index contributed by atoms with van der Waals surface area (Å²) >= 11 is 0. The first kappa shape index (κ1) is 15.4. The van der Waals surface area contributed by atoms with Crippen LogP contribution in [0, 0.1) is 0 Å². The number of hydrogen-bond acceptors (Lipinski definition) is 4. The third-order valence-electron chi connectivity index (χ3n) is 3.92. The van der Waals surface area contributed by atoms with Gasteiger partial charge in [-0.05, 0) is 25.7 Å². The summed E-state index contributed by atoms with van der Waals surface area (Å²) in [5.41, 5.74) is 5.40. The first-order valence-electron chi connectivity index (χ1n) is 6.78. The number of carbonyl (C=O) groups is 1. The van der Waals surface area contributed by atoms with Crippen LogP contribution >= 0.6 is 0 Å². The Morgan fingerprint density at radius 2 is 2.22 bits per heavy atom. The van der Waals surface area contributed by atoms with Crippen LogP contribution in [-0.4, -0.2) is 43.9 Å². The van der Waals surface area contributed by atoms with E-state index in [2.05, 4.69) is 19.2 Å². The zero-order chi connectivity index (χ0) is 13.6. The maximum absolute atomic E-state index is 11.9. The molecule has 2 atom stereocenters. The van der Waals surface area contributed by atoms with E-state index in [0.717, 1.165) is 25.7 Å². The molecule has 106 valence electrons. The van der Waals surface area contributed by atoms with E-state index >= 15 is 0 Å². The van der Waals surface area contributed by atoms with Crippen molar-refractivity contribution in [1.29, 1.82) is 0 Å². The molecule has 0 saturated carbocycles. The highest BCUT2D eigenvalue weighted by Crippen LogP contribution is 2.31. The van der Waals surface area contributed by atoms with E-state index in [0.29, 0.717) is 6.61 Å². The quantitative estimate of drug-likeness (QED) is 0.739. The molecule has 0 spiro atoms. The van der Waals surface area contributed by atoms with Crippen LogP contribution in [-0.2, 0) is 14.3 Å².